The average Bonchev–Trinajstić information content (AvgIpc) is 3.34. The zero-order valence-electron chi connectivity index (χ0n) is 36.6. The van der Waals surface area contributed by atoms with Crippen molar-refractivity contribution in [3.63, 3.8) is 0 Å². The fourth-order valence-electron chi connectivity index (χ4n) is 9.98. The van der Waals surface area contributed by atoms with Crippen LogP contribution in [-0.2, 0) is 5.41 Å². The number of fused-ring (bicyclic) bond motifs is 6. The normalized spacial score (nSPS) is 14.8. The number of hydrogen-bond acceptors (Lipinski definition) is 5. The Morgan fingerprint density at radius 2 is 0.754 bits per heavy atom. The maximum absolute atomic E-state index is 2.50. The van der Waals surface area contributed by atoms with Crippen LogP contribution in [-0.4, -0.2) is 8.07 Å². The monoisotopic (exact) mass is 923 g/mol. The summed E-state index contributed by atoms with van der Waals surface area (Å²) in [7, 11) is -1.86. The molecule has 3 aliphatic rings. The Bertz CT molecular complexity index is 3170. The summed E-state index contributed by atoms with van der Waals surface area (Å²) in [4.78, 5) is 13.2. The minimum atomic E-state index is -1.86. The molecule has 0 radical (unpaired) electrons. The second-order valence-electron chi connectivity index (χ2n) is 18.1. The lowest BCUT2D eigenvalue weighted by Crippen LogP contribution is -2.56. The third-order valence-electron chi connectivity index (χ3n) is 13.5. The third kappa shape index (κ3) is 6.96. The molecule has 3 heterocycles. The molecule has 1 nitrogen and oxygen atoms in total. The molecule has 0 aliphatic carbocycles. The van der Waals surface area contributed by atoms with Gasteiger partial charge in [0.1, 0.15) is 8.07 Å². The zero-order chi connectivity index (χ0) is 43.9. The van der Waals surface area contributed by atoms with Gasteiger partial charge < -0.3 is 4.90 Å². The van der Waals surface area contributed by atoms with Crippen LogP contribution in [0.3, 0.4) is 0 Å². The van der Waals surface area contributed by atoms with E-state index in [0.29, 0.717) is 0 Å². The van der Waals surface area contributed by atoms with E-state index in [1.165, 1.54) is 94.0 Å². The van der Waals surface area contributed by atoms with Crippen molar-refractivity contribution in [2.24, 2.45) is 0 Å². The highest BCUT2D eigenvalue weighted by Gasteiger charge is 2.37. The molecule has 0 atom stereocenters. The van der Waals surface area contributed by atoms with Gasteiger partial charge in [0.25, 0.3) is 0 Å². The highest BCUT2D eigenvalue weighted by atomic mass is 32.2. The van der Waals surface area contributed by atoms with E-state index in [-0.39, 0.29) is 5.41 Å². The Hall–Kier alpha value is -5.60. The second kappa shape index (κ2) is 16.1. The van der Waals surface area contributed by atoms with Crippen molar-refractivity contribution in [1.29, 1.82) is 0 Å². The number of nitrogens with zero attached hydrogens (tertiary/aromatic N) is 1. The first-order valence-corrected chi connectivity index (χ1v) is 28.5. The van der Waals surface area contributed by atoms with Gasteiger partial charge in [0.05, 0.1) is 0 Å². The van der Waals surface area contributed by atoms with Gasteiger partial charge in [0.2, 0.25) is 0 Å². The largest absolute Gasteiger partial charge is 0.311 e. The molecule has 0 bridgehead atoms. The van der Waals surface area contributed by atoms with Crippen molar-refractivity contribution in [2.45, 2.75) is 71.5 Å². The fraction of sp³-hybridized carbons (Fsp3) is 0.0847. The van der Waals surface area contributed by atoms with E-state index in [4.69, 9.17) is 0 Å². The Balaban J connectivity index is 0.927. The summed E-state index contributed by atoms with van der Waals surface area (Å²) in [6.07, 6.45) is 0. The average molecular weight is 924 g/mol. The molecular weight excluding hydrogens is 879 g/mol. The Morgan fingerprint density at radius 3 is 1.38 bits per heavy atom. The molecule has 0 saturated carbocycles. The summed E-state index contributed by atoms with van der Waals surface area (Å²) in [6, 6.07) is 74.9. The van der Waals surface area contributed by atoms with Gasteiger partial charge in [-0.1, -0.05) is 207 Å². The first-order chi connectivity index (χ1) is 31.7. The fourth-order valence-corrected chi connectivity index (χ4v) is 19.5. The third-order valence-corrected chi connectivity index (χ3v) is 22.5. The van der Waals surface area contributed by atoms with E-state index in [2.05, 4.69) is 232 Å². The molecule has 0 unspecified atom stereocenters. The van der Waals surface area contributed by atoms with Crippen LogP contribution in [0.1, 0.15) is 25.0 Å². The Morgan fingerprint density at radius 1 is 0.338 bits per heavy atom. The molecule has 0 N–H and O–H groups in total. The smallest absolute Gasteiger partial charge is 0.115 e. The topological polar surface area (TPSA) is 3.24 Å². The zero-order valence-corrected chi connectivity index (χ0v) is 40.9. The molecule has 0 aromatic heterocycles. The van der Waals surface area contributed by atoms with E-state index in [0.717, 1.165) is 17.1 Å². The van der Waals surface area contributed by atoms with Crippen LogP contribution in [0.4, 0.5) is 17.1 Å². The van der Waals surface area contributed by atoms with E-state index in [1.54, 1.807) is 0 Å². The maximum Gasteiger partial charge on any atom is 0.115 e. The molecule has 0 spiro atoms. The minimum absolute atomic E-state index is 0.0797. The van der Waals surface area contributed by atoms with Gasteiger partial charge in [-0.25, -0.2) is 0 Å². The van der Waals surface area contributed by atoms with Gasteiger partial charge in [-0.3, -0.25) is 0 Å². The molecule has 314 valence electrons. The van der Waals surface area contributed by atoms with Gasteiger partial charge in [0, 0.05) is 61.6 Å². The van der Waals surface area contributed by atoms with Gasteiger partial charge in [-0.2, -0.15) is 0 Å². The number of hydrogen-bond donors (Lipinski definition) is 0. The van der Waals surface area contributed by atoms with E-state index in [9.17, 15) is 0 Å². The van der Waals surface area contributed by atoms with Gasteiger partial charge in [-0.05, 0) is 122 Å². The Kier molecular flexibility index (Phi) is 10.1. The molecule has 65 heavy (non-hydrogen) atoms. The van der Waals surface area contributed by atoms with Crippen molar-refractivity contribution in [3.8, 4) is 33.4 Å². The maximum atomic E-state index is 2.50. The highest BCUT2D eigenvalue weighted by molar-refractivity contribution is 8.05. The highest BCUT2D eigenvalue weighted by Crippen LogP contribution is 2.54. The summed E-state index contributed by atoms with van der Waals surface area (Å²) < 4.78 is 0. The second-order valence-corrected chi connectivity index (χ2v) is 26.6. The van der Waals surface area contributed by atoms with Gasteiger partial charge >= 0.3 is 0 Å². The van der Waals surface area contributed by atoms with Crippen LogP contribution in [0, 0.1) is 0 Å². The number of benzene rings is 9. The van der Waals surface area contributed by atoms with E-state index >= 15 is 0 Å². The van der Waals surface area contributed by atoms with Crippen LogP contribution in [0.2, 0.25) is 13.1 Å². The lowest BCUT2D eigenvalue weighted by atomic mass is 9.77. The predicted molar refractivity (Wildman–Crippen MR) is 282 cm³/mol. The predicted octanol–water partition coefficient (Wildman–Crippen LogP) is 16.9. The van der Waals surface area contributed by atoms with Crippen LogP contribution in [0.15, 0.2) is 239 Å². The molecule has 0 fully saturated rings. The van der Waals surface area contributed by atoms with Crippen molar-refractivity contribution in [1.82, 2.24) is 0 Å². The van der Waals surface area contributed by atoms with Crippen molar-refractivity contribution < 1.29 is 0 Å². The molecule has 9 aromatic rings. The molecule has 0 saturated heterocycles. The molecule has 0 amide bonds. The summed E-state index contributed by atoms with van der Waals surface area (Å²) in [6.45, 7) is 9.73. The van der Waals surface area contributed by atoms with Gasteiger partial charge in [0.15, 0.2) is 0 Å². The van der Waals surface area contributed by atoms with Crippen molar-refractivity contribution >= 4 is 82.6 Å². The van der Waals surface area contributed by atoms with E-state index < -0.39 is 8.07 Å². The SMILES string of the molecule is CC1(C)c2ccccc2Sc2c(-c3ccc(N(c4ccc(-c5cccc6c5Sc5ccccc5S6)cc4)c4ccc(-c5cccc6c5Sc5ccccc5[Si]6(C)C)cc4)cc3)cccc21. The van der Waals surface area contributed by atoms with Crippen LogP contribution in [0.25, 0.3) is 33.4 Å². The number of anilines is 3. The Labute approximate surface area is 400 Å². The van der Waals surface area contributed by atoms with Gasteiger partial charge in [-0.15, -0.1) is 0 Å². The van der Waals surface area contributed by atoms with Crippen LogP contribution >= 0.6 is 47.0 Å². The lowest BCUT2D eigenvalue weighted by Gasteiger charge is -2.35. The standard InChI is InChI=1S/C59H45NS4Si/c1-59(2)47-17-5-6-19-49(47)62-56-44(14-11-18-48(56)59)38-26-32-41(33-27-38)60(42-34-28-39(29-35-42)45-15-12-23-53-57(45)63-51-21-8-7-20-50(51)61-53)43-36-30-40(31-37-43)46-16-13-25-55-58(46)64-52-22-9-10-24-54(52)65(55,3)4/h5-37H,1-4H3. The molecule has 12 rings (SSSR count). The van der Waals surface area contributed by atoms with Crippen molar-refractivity contribution in [3.05, 3.63) is 211 Å². The van der Waals surface area contributed by atoms with Crippen LogP contribution in [0.5, 0.6) is 0 Å². The number of rotatable bonds is 6. The summed E-state index contributed by atoms with van der Waals surface area (Å²) in [5.41, 5.74) is 13.6. The summed E-state index contributed by atoms with van der Waals surface area (Å²) >= 11 is 7.60. The first-order valence-electron chi connectivity index (χ1n) is 22.2. The summed E-state index contributed by atoms with van der Waals surface area (Å²) in [5, 5.41) is 3.06. The van der Waals surface area contributed by atoms with Crippen molar-refractivity contribution in [2.75, 3.05) is 4.90 Å². The lowest BCUT2D eigenvalue weighted by molar-refractivity contribution is 0.608. The summed E-state index contributed by atoms with van der Waals surface area (Å²) in [5.74, 6) is 0. The quantitative estimate of drug-likeness (QED) is 0.152. The minimum Gasteiger partial charge on any atom is -0.311 e. The molecule has 9 aromatic carbocycles. The molecular formula is C59H45NS4Si. The molecule has 3 aliphatic heterocycles. The molecule has 6 heteroatoms. The van der Waals surface area contributed by atoms with E-state index in [1.807, 2.05) is 47.0 Å². The van der Waals surface area contributed by atoms with Crippen LogP contribution < -0.4 is 15.3 Å². The first kappa shape index (κ1) is 40.9.